The van der Waals surface area contributed by atoms with Crippen LogP contribution in [-0.4, -0.2) is 4.98 Å². The van der Waals surface area contributed by atoms with E-state index in [0.29, 0.717) is 17.3 Å². The van der Waals surface area contributed by atoms with Gasteiger partial charge in [-0.3, -0.25) is 0 Å². The Kier molecular flexibility index (Phi) is 3.15. The number of pyridine rings is 1. The third-order valence-corrected chi connectivity index (χ3v) is 2.76. The Morgan fingerprint density at radius 1 is 1.28 bits per heavy atom. The van der Waals surface area contributed by atoms with E-state index in [-0.39, 0.29) is 5.69 Å². The van der Waals surface area contributed by atoms with E-state index in [0.717, 1.165) is 18.1 Å². The van der Waals surface area contributed by atoms with Crippen LogP contribution < -0.4 is 5.73 Å². The molecule has 2 nitrogen and oxygen atoms in total. The highest BCUT2D eigenvalue weighted by molar-refractivity contribution is 5.92. The van der Waals surface area contributed by atoms with Crippen LogP contribution in [-0.2, 0) is 12.6 Å². The Labute approximate surface area is 103 Å². The summed E-state index contributed by atoms with van der Waals surface area (Å²) in [4.78, 5) is 3.72. The fourth-order valence-electron chi connectivity index (χ4n) is 1.95. The highest BCUT2D eigenvalue weighted by Gasteiger charge is 2.33. The Balaban J connectivity index is 2.72. The number of nitrogens with two attached hydrogens (primary N) is 1. The van der Waals surface area contributed by atoms with E-state index in [4.69, 9.17) is 5.73 Å². The van der Waals surface area contributed by atoms with Crippen molar-refractivity contribution in [2.75, 3.05) is 5.73 Å². The van der Waals surface area contributed by atoms with Gasteiger partial charge in [0.25, 0.3) is 0 Å². The van der Waals surface area contributed by atoms with Crippen LogP contribution in [0.4, 0.5) is 18.9 Å². The fourth-order valence-corrected chi connectivity index (χ4v) is 1.95. The van der Waals surface area contributed by atoms with Crippen molar-refractivity contribution in [1.29, 1.82) is 0 Å². The summed E-state index contributed by atoms with van der Waals surface area (Å²) in [6.07, 6.45) is -2.94. The number of hydrogen-bond acceptors (Lipinski definition) is 2. The molecule has 0 aliphatic carbocycles. The van der Waals surface area contributed by atoms with Crippen molar-refractivity contribution in [3.63, 3.8) is 0 Å². The summed E-state index contributed by atoms with van der Waals surface area (Å²) in [6, 6.07) is 6.16. The molecule has 0 aliphatic rings. The van der Waals surface area contributed by atoms with Crippen LogP contribution in [0.1, 0.15) is 24.6 Å². The highest BCUT2D eigenvalue weighted by Crippen LogP contribution is 2.33. The second-order valence-electron chi connectivity index (χ2n) is 4.16. The van der Waals surface area contributed by atoms with Crippen molar-refractivity contribution in [3.05, 3.63) is 35.5 Å². The van der Waals surface area contributed by atoms with Crippen molar-refractivity contribution in [1.82, 2.24) is 4.98 Å². The molecule has 18 heavy (non-hydrogen) atoms. The lowest BCUT2D eigenvalue weighted by Crippen LogP contribution is -2.09. The zero-order valence-electron chi connectivity index (χ0n) is 9.88. The van der Waals surface area contributed by atoms with Gasteiger partial charge >= 0.3 is 6.18 Å². The van der Waals surface area contributed by atoms with Gasteiger partial charge in [-0.25, -0.2) is 4.98 Å². The molecule has 0 unspecified atom stereocenters. The number of nitrogens with zero attached hydrogens (tertiary/aromatic N) is 1. The molecule has 0 atom stereocenters. The van der Waals surface area contributed by atoms with E-state index in [2.05, 4.69) is 4.98 Å². The van der Waals surface area contributed by atoms with Gasteiger partial charge < -0.3 is 5.73 Å². The van der Waals surface area contributed by atoms with E-state index < -0.39 is 11.9 Å². The summed E-state index contributed by atoms with van der Waals surface area (Å²) >= 11 is 0. The largest absolute Gasteiger partial charge is 0.433 e. The number of aryl methyl sites for hydroxylation is 1. The van der Waals surface area contributed by atoms with E-state index in [9.17, 15) is 13.2 Å². The summed E-state index contributed by atoms with van der Waals surface area (Å²) in [5.41, 5.74) is 6.01. The minimum atomic E-state index is -4.47. The molecular weight excluding hydrogens is 241 g/mol. The Hall–Kier alpha value is -1.78. The van der Waals surface area contributed by atoms with Gasteiger partial charge in [0.2, 0.25) is 0 Å². The maximum Gasteiger partial charge on any atom is 0.433 e. The zero-order chi connectivity index (χ0) is 13.3. The molecule has 0 radical (unpaired) electrons. The van der Waals surface area contributed by atoms with Gasteiger partial charge in [-0.2, -0.15) is 13.2 Å². The van der Waals surface area contributed by atoms with Crippen molar-refractivity contribution in [2.24, 2.45) is 0 Å². The molecule has 2 aromatic rings. The average molecular weight is 254 g/mol. The third kappa shape index (κ3) is 2.25. The Morgan fingerprint density at radius 3 is 2.61 bits per heavy atom. The summed E-state index contributed by atoms with van der Waals surface area (Å²) in [5.74, 6) is 0. The minimum absolute atomic E-state index is 0.116. The monoisotopic (exact) mass is 254 g/mol. The fraction of sp³-hybridized carbons (Fsp3) is 0.308. The molecular formula is C13H13F3N2. The molecule has 0 bridgehead atoms. The summed E-state index contributed by atoms with van der Waals surface area (Å²) in [6.45, 7) is 1.97. The molecule has 2 rings (SSSR count). The predicted octanol–water partition coefficient (Wildman–Crippen LogP) is 3.79. The first kappa shape index (κ1) is 12.7. The lowest BCUT2D eigenvalue weighted by molar-refractivity contribution is -0.140. The van der Waals surface area contributed by atoms with Gasteiger partial charge in [-0.05, 0) is 18.1 Å². The maximum absolute atomic E-state index is 12.7. The molecule has 0 saturated carbocycles. The molecule has 5 heteroatoms. The van der Waals surface area contributed by atoms with Gasteiger partial charge in [0, 0.05) is 11.1 Å². The zero-order valence-corrected chi connectivity index (χ0v) is 9.88. The molecule has 0 spiro atoms. The average Bonchev–Trinajstić information content (AvgIpc) is 2.29. The standard InChI is InChI=1S/C13H13F3N2/c1-2-4-8-5-3-6-9-10(17)7-11(13(14,15)16)18-12(8)9/h3,5-7H,2,4H2,1H3,(H2,17,18). The number of fused-ring (bicyclic) bond motifs is 1. The Bertz CT molecular complexity index is 576. The molecule has 96 valence electrons. The van der Waals surface area contributed by atoms with Gasteiger partial charge in [0.15, 0.2) is 0 Å². The van der Waals surface area contributed by atoms with Crippen LogP contribution in [0.3, 0.4) is 0 Å². The summed E-state index contributed by atoms with van der Waals surface area (Å²) in [5, 5.41) is 0.578. The predicted molar refractivity (Wildman–Crippen MR) is 65.2 cm³/mol. The van der Waals surface area contributed by atoms with Crippen molar-refractivity contribution < 1.29 is 13.2 Å². The van der Waals surface area contributed by atoms with Gasteiger partial charge in [-0.15, -0.1) is 0 Å². The van der Waals surface area contributed by atoms with Crippen molar-refractivity contribution in [2.45, 2.75) is 25.9 Å². The lowest BCUT2D eigenvalue weighted by Gasteiger charge is -2.11. The van der Waals surface area contributed by atoms with Gasteiger partial charge in [0.05, 0.1) is 5.52 Å². The number of aromatic nitrogens is 1. The first-order valence-electron chi connectivity index (χ1n) is 5.68. The summed E-state index contributed by atoms with van der Waals surface area (Å²) in [7, 11) is 0. The van der Waals surface area contributed by atoms with Gasteiger partial charge in [0.1, 0.15) is 5.69 Å². The number of benzene rings is 1. The quantitative estimate of drug-likeness (QED) is 0.885. The maximum atomic E-state index is 12.7. The molecule has 1 aromatic heterocycles. The van der Waals surface area contributed by atoms with Crippen LogP contribution in [0.25, 0.3) is 10.9 Å². The molecule has 1 heterocycles. The number of hydrogen-bond donors (Lipinski definition) is 1. The van der Waals surface area contributed by atoms with Crippen molar-refractivity contribution in [3.8, 4) is 0 Å². The van der Waals surface area contributed by atoms with Crippen LogP contribution in [0.5, 0.6) is 0 Å². The number of halogens is 3. The van der Waals surface area contributed by atoms with Crippen molar-refractivity contribution >= 4 is 16.6 Å². The smallest absolute Gasteiger partial charge is 0.398 e. The van der Waals surface area contributed by atoms with Crippen LogP contribution in [0, 0.1) is 0 Å². The van der Waals surface area contributed by atoms with E-state index in [1.54, 1.807) is 18.2 Å². The molecule has 0 saturated heterocycles. The van der Waals surface area contributed by atoms with Gasteiger partial charge in [-0.1, -0.05) is 31.5 Å². The van der Waals surface area contributed by atoms with E-state index in [1.165, 1.54) is 0 Å². The number of rotatable bonds is 2. The lowest BCUT2D eigenvalue weighted by atomic mass is 10.0. The second-order valence-corrected chi connectivity index (χ2v) is 4.16. The third-order valence-electron chi connectivity index (χ3n) is 2.76. The SMILES string of the molecule is CCCc1cccc2c(N)cc(C(F)(F)F)nc12. The number of para-hydroxylation sites is 1. The Morgan fingerprint density at radius 2 is 2.00 bits per heavy atom. The second kappa shape index (κ2) is 4.48. The number of alkyl halides is 3. The molecule has 0 fully saturated rings. The van der Waals surface area contributed by atoms with E-state index >= 15 is 0 Å². The molecule has 0 aliphatic heterocycles. The van der Waals surface area contributed by atoms with E-state index in [1.807, 2.05) is 6.92 Å². The topological polar surface area (TPSA) is 38.9 Å². The first-order chi connectivity index (χ1) is 8.43. The van der Waals surface area contributed by atoms with Crippen LogP contribution >= 0.6 is 0 Å². The van der Waals surface area contributed by atoms with Crippen LogP contribution in [0.2, 0.25) is 0 Å². The normalized spacial score (nSPS) is 12.0. The highest BCUT2D eigenvalue weighted by atomic mass is 19.4. The summed E-state index contributed by atoms with van der Waals surface area (Å²) < 4.78 is 38.1. The minimum Gasteiger partial charge on any atom is -0.398 e. The van der Waals surface area contributed by atoms with Crippen LogP contribution in [0.15, 0.2) is 24.3 Å². The number of anilines is 1. The molecule has 2 N–H and O–H groups in total. The first-order valence-corrected chi connectivity index (χ1v) is 5.68. The number of nitrogen functional groups attached to an aromatic ring is 1. The molecule has 1 aromatic carbocycles. The molecule has 0 amide bonds.